The van der Waals surface area contributed by atoms with Crippen molar-refractivity contribution in [3.63, 3.8) is 0 Å². The summed E-state index contributed by atoms with van der Waals surface area (Å²) in [4.78, 5) is 17.1. The molecule has 1 saturated heterocycles. The number of aromatic amines is 1. The third kappa shape index (κ3) is 2.77. The number of aromatic nitrogens is 2. The van der Waals surface area contributed by atoms with E-state index in [1.54, 1.807) is 28.9 Å². The summed E-state index contributed by atoms with van der Waals surface area (Å²) in [6, 6.07) is 6.20. The number of anilines is 1. The maximum Gasteiger partial charge on any atom is 0.257 e. The Bertz CT molecular complexity index is 771. The number of hydrogen-bond acceptors (Lipinski definition) is 5. The van der Waals surface area contributed by atoms with Crippen LogP contribution in [0.5, 0.6) is 0 Å². The zero-order valence-electron chi connectivity index (χ0n) is 12.4. The second kappa shape index (κ2) is 6.17. The van der Waals surface area contributed by atoms with E-state index in [9.17, 15) is 4.79 Å². The minimum atomic E-state index is 0.0609. The lowest BCUT2D eigenvalue weighted by Gasteiger charge is -2.35. The van der Waals surface area contributed by atoms with E-state index in [0.29, 0.717) is 5.56 Å². The van der Waals surface area contributed by atoms with Gasteiger partial charge in [0.1, 0.15) is 0 Å². The summed E-state index contributed by atoms with van der Waals surface area (Å²) in [7, 11) is 0. The van der Waals surface area contributed by atoms with Gasteiger partial charge in [0.2, 0.25) is 0 Å². The Labute approximate surface area is 142 Å². The molecule has 3 aromatic heterocycles. The van der Waals surface area contributed by atoms with E-state index in [0.717, 1.165) is 37.4 Å². The van der Waals surface area contributed by atoms with Gasteiger partial charge in [-0.3, -0.25) is 9.89 Å². The quantitative estimate of drug-likeness (QED) is 0.794. The van der Waals surface area contributed by atoms with Crippen LogP contribution in [0.2, 0.25) is 0 Å². The zero-order chi connectivity index (χ0) is 15.6. The van der Waals surface area contributed by atoms with Crippen LogP contribution in [-0.4, -0.2) is 47.2 Å². The molecule has 1 aliphatic heterocycles. The van der Waals surface area contributed by atoms with Gasteiger partial charge in [0, 0.05) is 37.1 Å². The molecule has 0 aliphatic carbocycles. The number of nitrogens with one attached hydrogen (secondary N) is 1. The Morgan fingerprint density at radius 1 is 1.17 bits per heavy atom. The van der Waals surface area contributed by atoms with Gasteiger partial charge >= 0.3 is 0 Å². The van der Waals surface area contributed by atoms with Crippen LogP contribution in [0.25, 0.3) is 11.3 Å². The molecule has 1 aliphatic rings. The second-order valence-corrected chi connectivity index (χ2v) is 7.11. The number of nitrogens with zero attached hydrogens (tertiary/aromatic N) is 3. The molecule has 0 saturated carbocycles. The van der Waals surface area contributed by atoms with Gasteiger partial charge in [0.15, 0.2) is 0 Å². The fourth-order valence-corrected chi connectivity index (χ4v) is 4.26. The van der Waals surface area contributed by atoms with Gasteiger partial charge in [0.05, 0.1) is 22.5 Å². The number of carbonyl (C=O) groups is 1. The average Bonchev–Trinajstić information content (AvgIpc) is 3.35. The van der Waals surface area contributed by atoms with E-state index in [1.807, 2.05) is 21.7 Å². The average molecular weight is 344 g/mol. The van der Waals surface area contributed by atoms with Crippen molar-refractivity contribution in [1.82, 2.24) is 15.1 Å². The van der Waals surface area contributed by atoms with E-state index in [-0.39, 0.29) is 5.91 Å². The number of amides is 1. The predicted molar refractivity (Wildman–Crippen MR) is 94.3 cm³/mol. The number of carbonyl (C=O) groups excluding carboxylic acids is 1. The van der Waals surface area contributed by atoms with Crippen LogP contribution >= 0.6 is 22.7 Å². The molecule has 0 unspecified atom stereocenters. The smallest absolute Gasteiger partial charge is 0.257 e. The normalized spacial score (nSPS) is 15.1. The molecule has 4 rings (SSSR count). The Morgan fingerprint density at radius 3 is 2.74 bits per heavy atom. The molecule has 3 aromatic rings. The molecular weight excluding hydrogens is 328 g/mol. The molecule has 5 nitrogen and oxygen atoms in total. The molecule has 23 heavy (non-hydrogen) atoms. The number of rotatable bonds is 3. The molecule has 1 amide bonds. The molecule has 0 atom stereocenters. The molecular formula is C16H16N4OS2. The van der Waals surface area contributed by atoms with E-state index in [2.05, 4.69) is 32.6 Å². The SMILES string of the molecule is O=C(c1cn[nH]c1-c1ccsc1)N1CCN(c2cccs2)CC1. The Hall–Kier alpha value is -2.12. The molecule has 1 fully saturated rings. The predicted octanol–water partition coefficient (Wildman–Crippen LogP) is 3.16. The van der Waals surface area contributed by atoms with E-state index in [1.165, 1.54) is 5.00 Å². The van der Waals surface area contributed by atoms with Crippen LogP contribution in [0.1, 0.15) is 10.4 Å². The van der Waals surface area contributed by atoms with Crippen molar-refractivity contribution in [3.8, 4) is 11.3 Å². The molecule has 1 N–H and O–H groups in total. The first-order chi connectivity index (χ1) is 11.3. The van der Waals surface area contributed by atoms with E-state index < -0.39 is 0 Å². The highest BCUT2D eigenvalue weighted by atomic mass is 32.1. The maximum atomic E-state index is 12.8. The first-order valence-corrected chi connectivity index (χ1v) is 9.29. The highest BCUT2D eigenvalue weighted by Crippen LogP contribution is 2.26. The van der Waals surface area contributed by atoms with Crippen molar-refractivity contribution in [3.05, 3.63) is 46.1 Å². The fourth-order valence-electron chi connectivity index (χ4n) is 2.83. The number of thiophene rings is 2. The van der Waals surface area contributed by atoms with E-state index >= 15 is 0 Å². The molecule has 0 spiro atoms. The van der Waals surface area contributed by atoms with Gasteiger partial charge in [-0.25, -0.2) is 0 Å². The van der Waals surface area contributed by atoms with Crippen molar-refractivity contribution in [2.75, 3.05) is 31.1 Å². The van der Waals surface area contributed by atoms with Gasteiger partial charge < -0.3 is 9.80 Å². The third-order valence-electron chi connectivity index (χ3n) is 4.06. The Morgan fingerprint density at radius 2 is 2.04 bits per heavy atom. The largest absolute Gasteiger partial charge is 0.360 e. The fraction of sp³-hybridized carbons (Fsp3) is 0.250. The first kappa shape index (κ1) is 14.5. The van der Waals surface area contributed by atoms with Crippen LogP contribution in [-0.2, 0) is 0 Å². The van der Waals surface area contributed by atoms with Crippen LogP contribution < -0.4 is 4.90 Å². The monoisotopic (exact) mass is 344 g/mol. The summed E-state index contributed by atoms with van der Waals surface area (Å²) < 4.78 is 0. The molecule has 118 valence electrons. The van der Waals surface area contributed by atoms with Crippen LogP contribution in [0.3, 0.4) is 0 Å². The van der Waals surface area contributed by atoms with Crippen molar-refractivity contribution in [2.45, 2.75) is 0 Å². The highest BCUT2D eigenvalue weighted by molar-refractivity contribution is 7.14. The lowest BCUT2D eigenvalue weighted by Crippen LogP contribution is -2.48. The van der Waals surface area contributed by atoms with Gasteiger partial charge in [-0.05, 0) is 29.0 Å². The molecule has 0 radical (unpaired) electrons. The number of H-pyrrole nitrogens is 1. The van der Waals surface area contributed by atoms with Gasteiger partial charge in [0.25, 0.3) is 5.91 Å². The number of hydrogen-bond donors (Lipinski definition) is 1. The summed E-state index contributed by atoms with van der Waals surface area (Å²) in [6.45, 7) is 3.23. The van der Waals surface area contributed by atoms with Crippen LogP contribution in [0.15, 0.2) is 40.5 Å². The van der Waals surface area contributed by atoms with Crippen LogP contribution in [0, 0.1) is 0 Å². The van der Waals surface area contributed by atoms with Crippen molar-refractivity contribution in [1.29, 1.82) is 0 Å². The second-order valence-electron chi connectivity index (χ2n) is 5.40. The summed E-state index contributed by atoms with van der Waals surface area (Å²) in [5.41, 5.74) is 2.50. The summed E-state index contributed by atoms with van der Waals surface area (Å²) >= 11 is 3.36. The lowest BCUT2D eigenvalue weighted by molar-refractivity contribution is 0.0748. The molecule has 4 heterocycles. The number of piperazine rings is 1. The summed E-state index contributed by atoms with van der Waals surface area (Å²) in [5, 5.41) is 14.4. The molecule has 0 bridgehead atoms. The van der Waals surface area contributed by atoms with Crippen molar-refractivity contribution >= 4 is 33.6 Å². The van der Waals surface area contributed by atoms with Gasteiger partial charge in [-0.1, -0.05) is 0 Å². The van der Waals surface area contributed by atoms with Gasteiger partial charge in [-0.15, -0.1) is 11.3 Å². The standard InChI is InChI=1S/C16H16N4OS2/c21-16(13-10-17-18-15(13)12-3-9-22-11-12)20-6-4-19(5-7-20)14-2-1-8-23-14/h1-3,8-11H,4-7H2,(H,17,18). The maximum absolute atomic E-state index is 12.8. The van der Waals surface area contributed by atoms with Crippen molar-refractivity contribution < 1.29 is 4.79 Å². The summed E-state index contributed by atoms with van der Waals surface area (Å²) in [6.07, 6.45) is 1.64. The Kier molecular flexibility index (Phi) is 3.88. The minimum Gasteiger partial charge on any atom is -0.360 e. The molecule has 0 aromatic carbocycles. The van der Waals surface area contributed by atoms with Crippen LogP contribution in [0.4, 0.5) is 5.00 Å². The minimum absolute atomic E-state index is 0.0609. The first-order valence-electron chi connectivity index (χ1n) is 7.46. The van der Waals surface area contributed by atoms with Crippen molar-refractivity contribution in [2.24, 2.45) is 0 Å². The zero-order valence-corrected chi connectivity index (χ0v) is 14.1. The molecule has 7 heteroatoms. The van der Waals surface area contributed by atoms with E-state index in [4.69, 9.17) is 0 Å². The lowest BCUT2D eigenvalue weighted by atomic mass is 10.1. The highest BCUT2D eigenvalue weighted by Gasteiger charge is 2.25. The topological polar surface area (TPSA) is 52.2 Å². The van der Waals surface area contributed by atoms with Gasteiger partial charge in [-0.2, -0.15) is 16.4 Å². The third-order valence-corrected chi connectivity index (χ3v) is 5.68. The summed E-state index contributed by atoms with van der Waals surface area (Å²) in [5.74, 6) is 0.0609. The Balaban J connectivity index is 1.48.